The van der Waals surface area contributed by atoms with Gasteiger partial charge < -0.3 is 0 Å². The van der Waals surface area contributed by atoms with Crippen molar-refractivity contribution in [1.82, 2.24) is 0 Å². The third-order valence-electron chi connectivity index (χ3n) is 3.08. The molecule has 0 amide bonds. The first-order valence-electron chi connectivity index (χ1n) is 6.44. The number of carbonyl (C=O) groups is 2. The highest BCUT2D eigenvalue weighted by Crippen LogP contribution is 2.20. The van der Waals surface area contributed by atoms with E-state index in [1.807, 2.05) is 0 Å². The zero-order valence-electron chi connectivity index (χ0n) is 11.2. The smallest absolute Gasteiger partial charge is 0.280 e. The third-order valence-corrected chi connectivity index (χ3v) is 3.08. The van der Waals surface area contributed by atoms with E-state index >= 15 is 0 Å². The number of ketones is 2. The highest BCUT2D eigenvalue weighted by atomic mass is 16.6. The van der Waals surface area contributed by atoms with Crippen molar-refractivity contribution in [2.45, 2.75) is 12.8 Å². The van der Waals surface area contributed by atoms with Crippen molar-refractivity contribution in [3.63, 3.8) is 0 Å². The largest absolute Gasteiger partial charge is 0.294 e. The summed E-state index contributed by atoms with van der Waals surface area (Å²) in [6.45, 7) is 0. The monoisotopic (exact) mass is 283 g/mol. The molecular formula is C16H13NO4. The number of benzene rings is 2. The molecule has 2 aromatic carbocycles. The molecule has 5 heteroatoms. The van der Waals surface area contributed by atoms with Crippen LogP contribution in [-0.4, -0.2) is 16.5 Å². The van der Waals surface area contributed by atoms with Crippen LogP contribution in [0.25, 0.3) is 0 Å². The Balaban J connectivity index is 2.06. The van der Waals surface area contributed by atoms with Gasteiger partial charge in [0.15, 0.2) is 11.6 Å². The molecule has 0 saturated heterocycles. The predicted octanol–water partition coefficient (Wildman–Crippen LogP) is 3.44. The van der Waals surface area contributed by atoms with E-state index in [2.05, 4.69) is 0 Å². The number of hydrogen-bond acceptors (Lipinski definition) is 4. The van der Waals surface area contributed by atoms with E-state index in [0.29, 0.717) is 5.56 Å². The van der Waals surface area contributed by atoms with Crippen LogP contribution in [0.15, 0.2) is 54.6 Å². The van der Waals surface area contributed by atoms with E-state index < -0.39 is 10.7 Å². The van der Waals surface area contributed by atoms with Gasteiger partial charge in [-0.25, -0.2) is 0 Å². The number of nitro groups is 1. The minimum Gasteiger partial charge on any atom is -0.294 e. The van der Waals surface area contributed by atoms with Crippen LogP contribution in [0.4, 0.5) is 5.69 Å². The van der Waals surface area contributed by atoms with Crippen molar-refractivity contribution in [1.29, 1.82) is 0 Å². The van der Waals surface area contributed by atoms with Crippen LogP contribution in [-0.2, 0) is 0 Å². The van der Waals surface area contributed by atoms with Gasteiger partial charge in [0.2, 0.25) is 0 Å². The molecule has 0 aliphatic rings. The molecule has 21 heavy (non-hydrogen) atoms. The molecule has 0 atom stereocenters. The fraction of sp³-hybridized carbons (Fsp3) is 0.125. The Labute approximate surface area is 121 Å². The summed E-state index contributed by atoms with van der Waals surface area (Å²) < 4.78 is 0. The SMILES string of the molecule is O=C(CCC(=O)c1ccccc1[N+](=O)[O-])c1ccccc1. The first-order valence-corrected chi connectivity index (χ1v) is 6.44. The zero-order chi connectivity index (χ0) is 15.2. The van der Waals surface area contributed by atoms with Gasteiger partial charge in [0.1, 0.15) is 0 Å². The molecule has 0 fully saturated rings. The summed E-state index contributed by atoms with van der Waals surface area (Å²) >= 11 is 0. The summed E-state index contributed by atoms with van der Waals surface area (Å²) in [6.07, 6.45) is -0.00647. The summed E-state index contributed by atoms with van der Waals surface area (Å²) in [7, 11) is 0. The Morgan fingerprint density at radius 1 is 0.857 bits per heavy atom. The lowest BCUT2D eigenvalue weighted by atomic mass is 10.0. The summed E-state index contributed by atoms with van der Waals surface area (Å²) in [6, 6.07) is 14.4. The molecule has 0 saturated carbocycles. The highest BCUT2D eigenvalue weighted by Gasteiger charge is 2.19. The number of nitrogens with zero attached hydrogens (tertiary/aromatic N) is 1. The van der Waals surface area contributed by atoms with Crippen molar-refractivity contribution in [2.75, 3.05) is 0 Å². The Morgan fingerprint density at radius 2 is 1.43 bits per heavy atom. The molecule has 2 aromatic rings. The highest BCUT2D eigenvalue weighted by molar-refractivity contribution is 6.03. The maximum absolute atomic E-state index is 12.0. The van der Waals surface area contributed by atoms with Gasteiger partial charge in [-0.15, -0.1) is 0 Å². The van der Waals surface area contributed by atoms with E-state index in [1.54, 1.807) is 36.4 Å². The van der Waals surface area contributed by atoms with Gasteiger partial charge in [0.05, 0.1) is 10.5 Å². The van der Waals surface area contributed by atoms with Gasteiger partial charge in [0.25, 0.3) is 5.69 Å². The van der Waals surface area contributed by atoms with Crippen LogP contribution in [0.3, 0.4) is 0 Å². The number of nitro benzene ring substituents is 1. The number of Topliss-reactive ketones (excluding diaryl/α,β-unsaturated/α-hetero) is 2. The predicted molar refractivity (Wildman–Crippen MR) is 77.4 cm³/mol. The molecule has 0 aromatic heterocycles. The molecule has 0 heterocycles. The molecule has 0 bridgehead atoms. The van der Waals surface area contributed by atoms with E-state index in [1.165, 1.54) is 18.2 Å². The van der Waals surface area contributed by atoms with Gasteiger partial charge >= 0.3 is 0 Å². The summed E-state index contributed by atoms with van der Waals surface area (Å²) in [4.78, 5) is 34.2. The number of hydrogen-bond donors (Lipinski definition) is 0. The lowest BCUT2D eigenvalue weighted by Crippen LogP contribution is -2.07. The fourth-order valence-electron chi connectivity index (χ4n) is 2.00. The standard InChI is InChI=1S/C16H13NO4/c18-15(12-6-2-1-3-7-12)10-11-16(19)13-8-4-5-9-14(13)17(20)21/h1-9H,10-11H2. The maximum Gasteiger partial charge on any atom is 0.280 e. The first kappa shape index (κ1) is 14.6. The molecule has 0 aliphatic heterocycles. The molecule has 106 valence electrons. The minimum atomic E-state index is -0.591. The lowest BCUT2D eigenvalue weighted by molar-refractivity contribution is -0.385. The van der Waals surface area contributed by atoms with Gasteiger partial charge in [-0.1, -0.05) is 42.5 Å². The van der Waals surface area contributed by atoms with E-state index in [4.69, 9.17) is 0 Å². The van der Waals surface area contributed by atoms with Gasteiger partial charge in [-0.05, 0) is 6.07 Å². The van der Waals surface area contributed by atoms with Crippen molar-refractivity contribution < 1.29 is 14.5 Å². The maximum atomic E-state index is 12.0. The fourth-order valence-corrected chi connectivity index (χ4v) is 2.00. The van der Waals surface area contributed by atoms with Gasteiger partial charge in [-0.3, -0.25) is 19.7 Å². The number of carbonyl (C=O) groups excluding carboxylic acids is 2. The Kier molecular flexibility index (Phi) is 4.56. The van der Waals surface area contributed by atoms with Crippen molar-refractivity contribution in [2.24, 2.45) is 0 Å². The zero-order valence-corrected chi connectivity index (χ0v) is 11.2. The number of para-hydroxylation sites is 1. The molecule has 0 N–H and O–H groups in total. The molecule has 0 unspecified atom stereocenters. The van der Waals surface area contributed by atoms with Crippen LogP contribution in [0.5, 0.6) is 0 Å². The molecule has 0 spiro atoms. The average Bonchev–Trinajstić information content (AvgIpc) is 2.53. The van der Waals surface area contributed by atoms with Gasteiger partial charge in [0, 0.05) is 24.5 Å². The van der Waals surface area contributed by atoms with E-state index in [0.717, 1.165) is 0 Å². The van der Waals surface area contributed by atoms with Gasteiger partial charge in [-0.2, -0.15) is 0 Å². The second kappa shape index (κ2) is 6.56. The third kappa shape index (κ3) is 3.60. The molecular weight excluding hydrogens is 270 g/mol. The van der Waals surface area contributed by atoms with Crippen molar-refractivity contribution in [3.05, 3.63) is 75.8 Å². The van der Waals surface area contributed by atoms with Crippen LogP contribution < -0.4 is 0 Å². The minimum absolute atomic E-state index is 0.0366. The van der Waals surface area contributed by atoms with Crippen LogP contribution in [0.2, 0.25) is 0 Å². The molecule has 0 aliphatic carbocycles. The summed E-state index contributed by atoms with van der Waals surface area (Å²) in [5.74, 6) is -0.547. The Bertz CT molecular complexity index is 680. The van der Waals surface area contributed by atoms with E-state index in [-0.39, 0.29) is 29.9 Å². The Morgan fingerprint density at radius 3 is 2.10 bits per heavy atom. The average molecular weight is 283 g/mol. The van der Waals surface area contributed by atoms with Crippen LogP contribution in [0, 0.1) is 10.1 Å². The van der Waals surface area contributed by atoms with Crippen molar-refractivity contribution >= 4 is 17.3 Å². The normalized spacial score (nSPS) is 10.1. The van der Waals surface area contributed by atoms with Crippen molar-refractivity contribution in [3.8, 4) is 0 Å². The first-order chi connectivity index (χ1) is 10.1. The molecule has 5 nitrogen and oxygen atoms in total. The number of rotatable bonds is 6. The second-order valence-corrected chi connectivity index (χ2v) is 4.49. The second-order valence-electron chi connectivity index (χ2n) is 4.49. The summed E-state index contributed by atoms with van der Waals surface area (Å²) in [5, 5.41) is 10.9. The summed E-state index contributed by atoms with van der Waals surface area (Å²) in [5.41, 5.74) is 0.353. The van der Waals surface area contributed by atoms with Crippen LogP contribution in [0.1, 0.15) is 33.6 Å². The van der Waals surface area contributed by atoms with E-state index in [9.17, 15) is 19.7 Å². The van der Waals surface area contributed by atoms with Crippen LogP contribution >= 0.6 is 0 Å². The Hall–Kier alpha value is -2.82. The molecule has 2 rings (SSSR count). The quantitative estimate of drug-likeness (QED) is 0.462. The molecule has 0 radical (unpaired) electrons. The topological polar surface area (TPSA) is 77.3 Å². The lowest BCUT2D eigenvalue weighted by Gasteiger charge is -2.02.